The Morgan fingerprint density at radius 3 is 2.74 bits per heavy atom. The van der Waals surface area contributed by atoms with Gasteiger partial charge in [-0.05, 0) is 36.1 Å². The third kappa shape index (κ3) is 2.41. The Bertz CT molecular complexity index is 800. The van der Waals surface area contributed by atoms with Crippen molar-refractivity contribution in [1.29, 1.82) is 0 Å². The van der Waals surface area contributed by atoms with Crippen molar-refractivity contribution in [3.05, 3.63) is 69.7 Å². The largest absolute Gasteiger partial charge is 0.273 e. The molecule has 0 bridgehead atoms. The van der Waals surface area contributed by atoms with Gasteiger partial charge in [-0.3, -0.25) is 4.79 Å². The van der Waals surface area contributed by atoms with Crippen molar-refractivity contribution >= 4 is 27.5 Å². The standard InChI is InChI=1S/C19H17BrN2O/c1-12(23)22-19(14-5-3-2-4-6-14)16-10-8-13-7-9-15(20)11-17(13)18(16)21-22/h2-7,9,11,16,19H,8,10H2,1H3/t16-,19-/m1/s1. The van der Waals surface area contributed by atoms with Gasteiger partial charge >= 0.3 is 0 Å². The van der Waals surface area contributed by atoms with Crippen molar-refractivity contribution in [1.82, 2.24) is 5.01 Å². The third-order valence-electron chi connectivity index (χ3n) is 4.75. The Hall–Kier alpha value is -1.94. The lowest BCUT2D eigenvalue weighted by Crippen LogP contribution is -2.30. The fraction of sp³-hybridized carbons (Fsp3) is 0.263. The minimum atomic E-state index is -0.00250. The van der Waals surface area contributed by atoms with Crippen molar-refractivity contribution in [2.45, 2.75) is 25.8 Å². The first kappa shape index (κ1) is 14.6. The van der Waals surface area contributed by atoms with Crippen molar-refractivity contribution in [2.24, 2.45) is 11.0 Å². The summed E-state index contributed by atoms with van der Waals surface area (Å²) >= 11 is 3.56. The minimum absolute atomic E-state index is 0.00250. The average molecular weight is 369 g/mol. The molecule has 4 rings (SSSR count). The summed E-state index contributed by atoms with van der Waals surface area (Å²) in [6.07, 6.45) is 2.05. The number of hydrazone groups is 1. The SMILES string of the molecule is CC(=O)N1N=C2c3cc(Br)ccc3CC[C@H]2[C@H]1c1ccccc1. The molecule has 23 heavy (non-hydrogen) atoms. The van der Waals surface area contributed by atoms with Gasteiger partial charge in [0.1, 0.15) is 0 Å². The Morgan fingerprint density at radius 1 is 1.22 bits per heavy atom. The van der Waals surface area contributed by atoms with Crippen LogP contribution in [0.5, 0.6) is 0 Å². The highest BCUT2D eigenvalue weighted by Crippen LogP contribution is 2.43. The number of carbonyl (C=O) groups is 1. The quantitative estimate of drug-likeness (QED) is 0.737. The van der Waals surface area contributed by atoms with Gasteiger partial charge < -0.3 is 0 Å². The van der Waals surface area contributed by atoms with Gasteiger partial charge in [-0.2, -0.15) is 5.10 Å². The Morgan fingerprint density at radius 2 is 2.00 bits per heavy atom. The van der Waals surface area contributed by atoms with Crippen LogP contribution in [0.4, 0.5) is 0 Å². The van der Waals surface area contributed by atoms with Crippen LogP contribution in [-0.2, 0) is 11.2 Å². The van der Waals surface area contributed by atoms with Crippen LogP contribution in [0.3, 0.4) is 0 Å². The van der Waals surface area contributed by atoms with Crippen LogP contribution in [0.1, 0.15) is 36.1 Å². The molecule has 2 aromatic rings. The Kier molecular flexibility index (Phi) is 3.57. The average Bonchev–Trinajstić information content (AvgIpc) is 2.96. The van der Waals surface area contributed by atoms with E-state index in [2.05, 4.69) is 46.3 Å². The molecule has 3 nitrogen and oxygen atoms in total. The molecule has 2 aromatic carbocycles. The van der Waals surface area contributed by atoms with Crippen molar-refractivity contribution in [3.8, 4) is 0 Å². The number of carbonyl (C=O) groups excluding carboxylic acids is 1. The summed E-state index contributed by atoms with van der Waals surface area (Å²) in [6, 6.07) is 16.6. The molecule has 0 spiro atoms. The van der Waals surface area contributed by atoms with Gasteiger partial charge in [0.2, 0.25) is 5.91 Å². The molecule has 1 heterocycles. The minimum Gasteiger partial charge on any atom is -0.273 e. The first-order valence-corrected chi connectivity index (χ1v) is 8.66. The predicted octanol–water partition coefficient (Wildman–Crippen LogP) is 4.32. The molecule has 116 valence electrons. The summed E-state index contributed by atoms with van der Waals surface area (Å²) in [6.45, 7) is 1.60. The topological polar surface area (TPSA) is 32.7 Å². The van der Waals surface area contributed by atoms with E-state index in [0.29, 0.717) is 0 Å². The molecule has 0 unspecified atom stereocenters. The lowest BCUT2D eigenvalue weighted by atomic mass is 9.77. The summed E-state index contributed by atoms with van der Waals surface area (Å²) in [5, 5.41) is 6.40. The molecular formula is C19H17BrN2O. The molecule has 0 N–H and O–H groups in total. The van der Waals surface area contributed by atoms with Crippen LogP contribution in [0, 0.1) is 5.92 Å². The van der Waals surface area contributed by atoms with Crippen LogP contribution < -0.4 is 0 Å². The molecule has 1 aliphatic heterocycles. The van der Waals surface area contributed by atoms with E-state index in [1.807, 2.05) is 18.2 Å². The molecule has 1 aliphatic carbocycles. The summed E-state index contributed by atoms with van der Waals surface area (Å²) in [5.74, 6) is 0.264. The van der Waals surface area contributed by atoms with Gasteiger partial charge in [0.25, 0.3) is 0 Å². The molecule has 0 fully saturated rings. The van der Waals surface area contributed by atoms with Crippen LogP contribution in [0.2, 0.25) is 0 Å². The number of benzene rings is 2. The number of rotatable bonds is 1. The molecule has 0 aromatic heterocycles. The van der Waals surface area contributed by atoms with Gasteiger partial charge in [-0.25, -0.2) is 5.01 Å². The fourth-order valence-corrected chi connectivity index (χ4v) is 4.09. The second kappa shape index (κ2) is 5.60. The maximum absolute atomic E-state index is 12.2. The van der Waals surface area contributed by atoms with E-state index >= 15 is 0 Å². The lowest BCUT2D eigenvalue weighted by molar-refractivity contribution is -0.131. The van der Waals surface area contributed by atoms with E-state index in [9.17, 15) is 4.79 Å². The summed E-state index contributed by atoms with van der Waals surface area (Å²) in [5.41, 5.74) is 4.71. The molecule has 2 atom stereocenters. The second-order valence-corrected chi connectivity index (χ2v) is 7.07. The molecule has 1 amide bonds. The smallest absolute Gasteiger partial charge is 0.240 e. The Labute approximate surface area is 144 Å². The molecular weight excluding hydrogens is 352 g/mol. The van der Waals surface area contributed by atoms with E-state index in [0.717, 1.165) is 28.6 Å². The Balaban J connectivity index is 1.83. The summed E-state index contributed by atoms with van der Waals surface area (Å²) in [7, 11) is 0. The van der Waals surface area contributed by atoms with Crippen LogP contribution >= 0.6 is 15.9 Å². The maximum atomic E-state index is 12.2. The molecule has 4 heteroatoms. The number of aryl methyl sites for hydroxylation is 1. The first-order valence-electron chi connectivity index (χ1n) is 7.87. The number of halogens is 1. The maximum Gasteiger partial charge on any atom is 0.240 e. The molecule has 2 aliphatic rings. The number of hydrogen-bond donors (Lipinski definition) is 0. The molecule has 0 saturated heterocycles. The predicted molar refractivity (Wildman–Crippen MR) is 94.2 cm³/mol. The molecule has 0 saturated carbocycles. The zero-order valence-electron chi connectivity index (χ0n) is 12.9. The third-order valence-corrected chi connectivity index (χ3v) is 5.24. The monoisotopic (exact) mass is 368 g/mol. The van der Waals surface area contributed by atoms with E-state index in [1.54, 1.807) is 11.9 Å². The second-order valence-electron chi connectivity index (χ2n) is 6.15. The van der Waals surface area contributed by atoms with Gasteiger partial charge in [0.05, 0.1) is 11.8 Å². The zero-order chi connectivity index (χ0) is 16.0. The van der Waals surface area contributed by atoms with Gasteiger partial charge in [0.15, 0.2) is 0 Å². The normalized spacial score (nSPS) is 22.3. The number of fused-ring (bicyclic) bond motifs is 3. The summed E-state index contributed by atoms with van der Waals surface area (Å²) in [4.78, 5) is 12.2. The van der Waals surface area contributed by atoms with E-state index in [-0.39, 0.29) is 17.9 Å². The fourth-order valence-electron chi connectivity index (χ4n) is 3.73. The van der Waals surface area contributed by atoms with Crippen molar-refractivity contribution in [2.75, 3.05) is 0 Å². The van der Waals surface area contributed by atoms with Crippen LogP contribution in [-0.4, -0.2) is 16.6 Å². The van der Waals surface area contributed by atoms with E-state index < -0.39 is 0 Å². The van der Waals surface area contributed by atoms with Gasteiger partial charge in [-0.15, -0.1) is 0 Å². The summed E-state index contributed by atoms with van der Waals surface area (Å²) < 4.78 is 1.05. The van der Waals surface area contributed by atoms with E-state index in [4.69, 9.17) is 5.10 Å². The molecule has 0 radical (unpaired) electrons. The number of hydrogen-bond acceptors (Lipinski definition) is 2. The highest BCUT2D eigenvalue weighted by atomic mass is 79.9. The van der Waals surface area contributed by atoms with Crippen LogP contribution in [0.25, 0.3) is 0 Å². The number of nitrogens with zero attached hydrogens (tertiary/aromatic N) is 2. The number of amides is 1. The van der Waals surface area contributed by atoms with E-state index in [1.165, 1.54) is 11.1 Å². The first-order chi connectivity index (χ1) is 11.1. The zero-order valence-corrected chi connectivity index (χ0v) is 14.5. The highest BCUT2D eigenvalue weighted by molar-refractivity contribution is 9.10. The van der Waals surface area contributed by atoms with Crippen LogP contribution in [0.15, 0.2) is 58.1 Å². The van der Waals surface area contributed by atoms with Crippen molar-refractivity contribution < 1.29 is 4.79 Å². The van der Waals surface area contributed by atoms with Gasteiger partial charge in [-0.1, -0.05) is 52.3 Å². The van der Waals surface area contributed by atoms with Crippen molar-refractivity contribution in [3.63, 3.8) is 0 Å². The van der Waals surface area contributed by atoms with Gasteiger partial charge in [0, 0.05) is 22.9 Å². The lowest BCUT2D eigenvalue weighted by Gasteiger charge is -2.29. The highest BCUT2D eigenvalue weighted by Gasteiger charge is 2.42.